The zero-order valence-electron chi connectivity index (χ0n) is 12.6. The minimum atomic E-state index is -4.01. The fourth-order valence-corrected chi connectivity index (χ4v) is 2.93. The van der Waals surface area contributed by atoms with Crippen LogP contribution in [0, 0.1) is 11.3 Å². The summed E-state index contributed by atoms with van der Waals surface area (Å²) in [5.41, 5.74) is 0.0459. The number of pyridine rings is 1. The number of aromatic nitrogens is 1. The Morgan fingerprint density at radius 2 is 2.12 bits per heavy atom. The molecule has 1 heterocycles. The highest BCUT2D eigenvalue weighted by atomic mass is 32.2. The maximum Gasteiger partial charge on any atom is 0.339 e. The summed E-state index contributed by atoms with van der Waals surface area (Å²) in [4.78, 5) is 14.8. The Morgan fingerprint density at radius 3 is 2.67 bits per heavy atom. The van der Waals surface area contributed by atoms with Gasteiger partial charge in [-0.05, 0) is 37.3 Å². The van der Waals surface area contributed by atoms with Crippen LogP contribution in [0.3, 0.4) is 0 Å². The van der Waals surface area contributed by atoms with Crippen molar-refractivity contribution in [1.82, 2.24) is 4.98 Å². The Bertz CT molecular complexity index is 902. The van der Waals surface area contributed by atoms with Crippen LogP contribution in [0.15, 0.2) is 41.4 Å². The second-order valence-corrected chi connectivity index (χ2v) is 6.23. The van der Waals surface area contributed by atoms with Gasteiger partial charge < -0.3 is 9.84 Å². The summed E-state index contributed by atoms with van der Waals surface area (Å²) < 4.78 is 32.2. The lowest BCUT2D eigenvalue weighted by Crippen LogP contribution is -2.14. The lowest BCUT2D eigenvalue weighted by atomic mass is 10.2. The zero-order chi connectivity index (χ0) is 17.7. The van der Waals surface area contributed by atoms with Gasteiger partial charge in [-0.3, -0.25) is 4.72 Å². The number of hydrogen-bond acceptors (Lipinski definition) is 6. The molecule has 0 aliphatic rings. The molecule has 1 aromatic heterocycles. The molecule has 0 saturated heterocycles. The van der Waals surface area contributed by atoms with E-state index in [2.05, 4.69) is 9.71 Å². The van der Waals surface area contributed by atoms with Gasteiger partial charge in [0.1, 0.15) is 23.1 Å². The molecule has 9 heteroatoms. The molecule has 0 aliphatic carbocycles. The van der Waals surface area contributed by atoms with E-state index in [1.807, 2.05) is 6.07 Å². The summed E-state index contributed by atoms with van der Waals surface area (Å²) >= 11 is 0. The largest absolute Gasteiger partial charge is 0.493 e. The van der Waals surface area contributed by atoms with Crippen molar-refractivity contribution in [2.24, 2.45) is 0 Å². The van der Waals surface area contributed by atoms with Crippen molar-refractivity contribution in [3.05, 3.63) is 47.8 Å². The predicted molar refractivity (Wildman–Crippen MR) is 84.3 cm³/mol. The number of hydrogen-bond donors (Lipinski definition) is 2. The second kappa shape index (κ2) is 6.97. The number of carboxylic acid groups (broad SMARTS) is 1. The summed E-state index contributed by atoms with van der Waals surface area (Å²) in [6, 6.07) is 8.12. The molecule has 2 N–H and O–H groups in total. The maximum atomic E-state index is 12.4. The topological polar surface area (TPSA) is 129 Å². The molecule has 0 atom stereocenters. The van der Waals surface area contributed by atoms with Crippen molar-refractivity contribution in [2.45, 2.75) is 11.8 Å². The maximum absolute atomic E-state index is 12.4. The van der Waals surface area contributed by atoms with Crippen molar-refractivity contribution in [1.29, 1.82) is 5.26 Å². The van der Waals surface area contributed by atoms with Gasteiger partial charge in [0.25, 0.3) is 10.0 Å². The highest BCUT2D eigenvalue weighted by Gasteiger charge is 2.20. The van der Waals surface area contributed by atoms with Crippen LogP contribution in [0.4, 0.5) is 5.69 Å². The average Bonchev–Trinajstić information content (AvgIpc) is 2.55. The number of nitriles is 1. The summed E-state index contributed by atoms with van der Waals surface area (Å²) in [6.45, 7) is 1.94. The molecule has 0 amide bonds. The number of carboxylic acids is 1. The predicted octanol–water partition coefficient (Wildman–Crippen LogP) is 1.85. The minimum Gasteiger partial charge on any atom is -0.493 e. The van der Waals surface area contributed by atoms with E-state index in [0.29, 0.717) is 0 Å². The molecule has 0 fully saturated rings. The molecular formula is C15H13N3O5S. The number of aromatic carboxylic acids is 1. The van der Waals surface area contributed by atoms with E-state index >= 15 is 0 Å². The first-order chi connectivity index (χ1) is 11.4. The van der Waals surface area contributed by atoms with Gasteiger partial charge in [-0.15, -0.1) is 0 Å². The number of ether oxygens (including phenoxy) is 1. The van der Waals surface area contributed by atoms with Crippen molar-refractivity contribution < 1.29 is 23.1 Å². The van der Waals surface area contributed by atoms with Gasteiger partial charge in [0.2, 0.25) is 0 Å². The molecule has 24 heavy (non-hydrogen) atoms. The Hall–Kier alpha value is -3.12. The zero-order valence-corrected chi connectivity index (χ0v) is 13.4. The van der Waals surface area contributed by atoms with Gasteiger partial charge in [0, 0.05) is 0 Å². The lowest BCUT2D eigenvalue weighted by Gasteiger charge is -2.11. The van der Waals surface area contributed by atoms with E-state index in [-0.39, 0.29) is 34.2 Å². The van der Waals surface area contributed by atoms with Crippen LogP contribution in [0.2, 0.25) is 0 Å². The molecule has 0 spiro atoms. The number of carbonyl (C=O) groups is 1. The third-order valence-corrected chi connectivity index (χ3v) is 4.30. The van der Waals surface area contributed by atoms with Crippen molar-refractivity contribution in [3.63, 3.8) is 0 Å². The van der Waals surface area contributed by atoms with Gasteiger partial charge in [-0.1, -0.05) is 0 Å². The summed E-state index contributed by atoms with van der Waals surface area (Å²) in [5.74, 6) is -1.21. The second-order valence-electron chi connectivity index (χ2n) is 4.55. The van der Waals surface area contributed by atoms with Crippen LogP contribution in [0.25, 0.3) is 0 Å². The number of anilines is 1. The van der Waals surface area contributed by atoms with E-state index in [1.54, 1.807) is 6.92 Å². The van der Waals surface area contributed by atoms with Crippen LogP contribution in [-0.4, -0.2) is 31.1 Å². The van der Waals surface area contributed by atoms with E-state index in [1.165, 1.54) is 30.5 Å². The summed E-state index contributed by atoms with van der Waals surface area (Å²) in [5, 5.41) is 17.9. The molecule has 0 unspecified atom stereocenters. The quantitative estimate of drug-likeness (QED) is 0.815. The van der Waals surface area contributed by atoms with Crippen LogP contribution in [0.5, 0.6) is 5.75 Å². The molecule has 0 bridgehead atoms. The lowest BCUT2D eigenvalue weighted by molar-refractivity contribution is 0.0692. The monoisotopic (exact) mass is 347 g/mol. The Balaban J connectivity index is 2.36. The smallest absolute Gasteiger partial charge is 0.339 e. The van der Waals surface area contributed by atoms with E-state index in [4.69, 9.17) is 10.00 Å². The SMILES string of the molecule is CCOc1ccc(S(=O)(=O)Nc2ccc(C#N)nc2)cc1C(=O)O. The van der Waals surface area contributed by atoms with E-state index in [0.717, 1.165) is 6.07 Å². The number of sulfonamides is 1. The van der Waals surface area contributed by atoms with Gasteiger partial charge >= 0.3 is 5.97 Å². The molecule has 2 aromatic rings. The summed E-state index contributed by atoms with van der Waals surface area (Å²) in [6.07, 6.45) is 1.20. The molecular weight excluding hydrogens is 334 g/mol. The van der Waals surface area contributed by atoms with E-state index < -0.39 is 16.0 Å². The number of rotatable bonds is 6. The van der Waals surface area contributed by atoms with Crippen LogP contribution in [0.1, 0.15) is 23.0 Å². The van der Waals surface area contributed by atoms with Crippen molar-refractivity contribution in [2.75, 3.05) is 11.3 Å². The normalized spacial score (nSPS) is 10.7. The van der Waals surface area contributed by atoms with Crippen LogP contribution >= 0.6 is 0 Å². The summed E-state index contributed by atoms with van der Waals surface area (Å²) in [7, 11) is -4.01. The third-order valence-electron chi connectivity index (χ3n) is 2.92. The van der Waals surface area contributed by atoms with Crippen LogP contribution < -0.4 is 9.46 Å². The number of nitrogens with zero attached hydrogens (tertiary/aromatic N) is 2. The molecule has 1 aromatic carbocycles. The third kappa shape index (κ3) is 3.80. The number of nitrogens with one attached hydrogen (secondary N) is 1. The Labute approximate surface area is 138 Å². The van der Waals surface area contributed by atoms with Crippen LogP contribution in [-0.2, 0) is 10.0 Å². The first kappa shape index (κ1) is 17.2. The highest BCUT2D eigenvalue weighted by molar-refractivity contribution is 7.92. The first-order valence-electron chi connectivity index (χ1n) is 6.76. The Kier molecular flexibility index (Phi) is 5.01. The fraction of sp³-hybridized carbons (Fsp3) is 0.133. The number of benzene rings is 1. The molecule has 0 aliphatic heterocycles. The van der Waals surface area contributed by atoms with E-state index in [9.17, 15) is 18.3 Å². The van der Waals surface area contributed by atoms with Gasteiger partial charge in [-0.2, -0.15) is 5.26 Å². The average molecular weight is 347 g/mol. The van der Waals surface area contributed by atoms with Gasteiger partial charge in [0.15, 0.2) is 0 Å². The fourth-order valence-electron chi connectivity index (χ4n) is 1.86. The van der Waals surface area contributed by atoms with Crippen molar-refractivity contribution in [3.8, 4) is 11.8 Å². The standard InChI is InChI=1S/C15H13N3O5S/c1-2-23-14-6-5-12(7-13(14)15(19)20)24(21,22)18-11-4-3-10(8-16)17-9-11/h3-7,9,18H,2H2,1H3,(H,19,20). The highest BCUT2D eigenvalue weighted by Crippen LogP contribution is 2.24. The molecule has 8 nitrogen and oxygen atoms in total. The molecule has 0 radical (unpaired) electrons. The Morgan fingerprint density at radius 1 is 1.38 bits per heavy atom. The molecule has 124 valence electrons. The van der Waals surface area contributed by atoms with Gasteiger partial charge in [-0.25, -0.2) is 18.2 Å². The minimum absolute atomic E-state index is 0.0870. The van der Waals surface area contributed by atoms with Crippen molar-refractivity contribution >= 4 is 21.7 Å². The van der Waals surface area contributed by atoms with Gasteiger partial charge in [0.05, 0.1) is 23.4 Å². The molecule has 2 rings (SSSR count). The molecule has 0 saturated carbocycles. The first-order valence-corrected chi connectivity index (χ1v) is 8.25.